The van der Waals surface area contributed by atoms with Crippen LogP contribution in [0.15, 0.2) is 36.1 Å². The highest BCUT2D eigenvalue weighted by atomic mass is 35.5. The van der Waals surface area contributed by atoms with Crippen molar-refractivity contribution in [3.05, 3.63) is 57.3 Å². The van der Waals surface area contributed by atoms with Crippen LogP contribution in [0, 0.1) is 0 Å². The Kier molecular flexibility index (Phi) is 3.27. The summed E-state index contributed by atoms with van der Waals surface area (Å²) < 4.78 is 5.33. The maximum Gasteiger partial charge on any atom is 0.232 e. The maximum atomic E-state index is 12.2. The Morgan fingerprint density at radius 2 is 1.86 bits per heavy atom. The normalized spacial score (nSPS) is 15.1. The largest absolute Gasteiger partial charge is 0.504 e. The summed E-state index contributed by atoms with van der Waals surface area (Å²) in [6.45, 7) is 0. The second kappa shape index (κ2) is 4.98. The Morgan fingerprint density at radius 1 is 1.10 bits per heavy atom. The molecule has 21 heavy (non-hydrogen) atoms. The van der Waals surface area contributed by atoms with Crippen LogP contribution >= 0.6 is 23.2 Å². The SMILES string of the molecule is O=C1C(=Cc2cccc(Cl)c2Cl)Oc2c1ccc(O)c2O. The molecule has 2 aromatic carbocycles. The van der Waals surface area contributed by atoms with Gasteiger partial charge in [-0.1, -0.05) is 35.3 Å². The molecule has 0 saturated carbocycles. The predicted molar refractivity (Wildman–Crippen MR) is 79.2 cm³/mol. The molecule has 3 rings (SSSR count). The minimum Gasteiger partial charge on any atom is -0.504 e. The van der Waals surface area contributed by atoms with Gasteiger partial charge in [-0.3, -0.25) is 4.79 Å². The lowest BCUT2D eigenvalue weighted by Crippen LogP contribution is -1.98. The van der Waals surface area contributed by atoms with Crippen molar-refractivity contribution < 1.29 is 19.7 Å². The van der Waals surface area contributed by atoms with Gasteiger partial charge in [-0.05, 0) is 29.8 Å². The third-order valence-electron chi connectivity index (χ3n) is 3.06. The van der Waals surface area contributed by atoms with E-state index in [1.165, 1.54) is 18.2 Å². The van der Waals surface area contributed by atoms with E-state index >= 15 is 0 Å². The average Bonchev–Trinajstić information content (AvgIpc) is 2.77. The van der Waals surface area contributed by atoms with Crippen LogP contribution in [-0.4, -0.2) is 16.0 Å². The number of allylic oxidation sites excluding steroid dienone is 1. The number of benzene rings is 2. The van der Waals surface area contributed by atoms with Gasteiger partial charge in [0.25, 0.3) is 0 Å². The fraction of sp³-hybridized carbons (Fsp3) is 0. The Balaban J connectivity index is 2.07. The van der Waals surface area contributed by atoms with Gasteiger partial charge in [0.2, 0.25) is 11.5 Å². The van der Waals surface area contributed by atoms with Gasteiger partial charge in [0.1, 0.15) is 0 Å². The number of carbonyl (C=O) groups excluding carboxylic acids is 1. The quantitative estimate of drug-likeness (QED) is 0.614. The zero-order valence-corrected chi connectivity index (χ0v) is 11.9. The maximum absolute atomic E-state index is 12.2. The van der Waals surface area contributed by atoms with E-state index in [0.717, 1.165) is 0 Å². The average molecular weight is 323 g/mol. The summed E-state index contributed by atoms with van der Waals surface area (Å²) in [6, 6.07) is 7.61. The van der Waals surface area contributed by atoms with Gasteiger partial charge >= 0.3 is 0 Å². The molecule has 0 aromatic heterocycles. The van der Waals surface area contributed by atoms with E-state index in [4.69, 9.17) is 27.9 Å². The van der Waals surface area contributed by atoms with Gasteiger partial charge in [0.15, 0.2) is 17.3 Å². The number of Topliss-reactive ketones (excluding diaryl/α,β-unsaturated/α-hetero) is 1. The standard InChI is InChI=1S/C15H8Cl2O4/c16-9-3-1-2-7(12(9)17)6-11-13(19)8-4-5-10(18)14(20)15(8)21-11/h1-6,18,20H. The van der Waals surface area contributed by atoms with Crippen LogP contribution < -0.4 is 4.74 Å². The molecule has 0 spiro atoms. The zero-order valence-electron chi connectivity index (χ0n) is 10.4. The van der Waals surface area contributed by atoms with Gasteiger partial charge < -0.3 is 14.9 Å². The minimum atomic E-state index is -0.471. The van der Waals surface area contributed by atoms with Gasteiger partial charge in [-0.2, -0.15) is 0 Å². The van der Waals surface area contributed by atoms with E-state index in [-0.39, 0.29) is 22.8 Å². The smallest absolute Gasteiger partial charge is 0.232 e. The second-order valence-corrected chi connectivity index (χ2v) is 5.18. The summed E-state index contributed by atoms with van der Waals surface area (Å²) in [4.78, 5) is 12.2. The predicted octanol–water partition coefficient (Wildman–Crippen LogP) is 4.02. The van der Waals surface area contributed by atoms with Crippen molar-refractivity contribution >= 4 is 35.1 Å². The first-order chi connectivity index (χ1) is 9.99. The number of halogens is 2. The lowest BCUT2D eigenvalue weighted by Gasteiger charge is -2.03. The summed E-state index contributed by atoms with van der Waals surface area (Å²) in [5, 5.41) is 19.8. The molecule has 0 unspecified atom stereocenters. The van der Waals surface area contributed by atoms with Crippen LogP contribution in [0.1, 0.15) is 15.9 Å². The van der Waals surface area contributed by atoms with E-state index in [1.807, 2.05) is 0 Å². The van der Waals surface area contributed by atoms with Crippen molar-refractivity contribution in [1.29, 1.82) is 0 Å². The summed E-state index contributed by atoms with van der Waals surface area (Å²) in [5.41, 5.74) is 0.693. The van der Waals surface area contributed by atoms with Crippen LogP contribution in [0.4, 0.5) is 0 Å². The molecule has 106 valence electrons. The molecular weight excluding hydrogens is 315 g/mol. The summed E-state index contributed by atoms with van der Waals surface area (Å²) in [5.74, 6) is -1.30. The first-order valence-electron chi connectivity index (χ1n) is 5.92. The number of fused-ring (bicyclic) bond motifs is 1. The summed E-state index contributed by atoms with van der Waals surface area (Å²) >= 11 is 12.0. The van der Waals surface area contributed by atoms with Gasteiger partial charge in [0, 0.05) is 0 Å². The number of phenolic OH excluding ortho intramolecular Hbond substituents is 2. The highest BCUT2D eigenvalue weighted by Crippen LogP contribution is 2.44. The molecule has 0 bridgehead atoms. The number of ketones is 1. The lowest BCUT2D eigenvalue weighted by molar-refractivity contribution is 0.101. The molecule has 6 heteroatoms. The first-order valence-corrected chi connectivity index (χ1v) is 6.68. The van der Waals surface area contributed by atoms with Crippen molar-refractivity contribution in [3.8, 4) is 17.2 Å². The van der Waals surface area contributed by atoms with Crippen LogP contribution in [0.2, 0.25) is 10.0 Å². The molecule has 1 heterocycles. The minimum absolute atomic E-state index is 0.00457. The summed E-state index contributed by atoms with van der Waals surface area (Å²) in [6.07, 6.45) is 1.44. The van der Waals surface area contributed by atoms with E-state index < -0.39 is 11.5 Å². The van der Waals surface area contributed by atoms with Crippen molar-refractivity contribution in [2.45, 2.75) is 0 Å². The number of hydrogen-bond acceptors (Lipinski definition) is 4. The van der Waals surface area contributed by atoms with E-state index in [2.05, 4.69) is 0 Å². The van der Waals surface area contributed by atoms with E-state index in [9.17, 15) is 15.0 Å². The van der Waals surface area contributed by atoms with E-state index in [0.29, 0.717) is 15.6 Å². The highest BCUT2D eigenvalue weighted by molar-refractivity contribution is 6.43. The third-order valence-corrected chi connectivity index (χ3v) is 3.89. The zero-order chi connectivity index (χ0) is 15.1. The monoisotopic (exact) mass is 322 g/mol. The van der Waals surface area contributed by atoms with Crippen molar-refractivity contribution in [2.75, 3.05) is 0 Å². The molecule has 0 fully saturated rings. The van der Waals surface area contributed by atoms with Crippen LogP contribution in [0.3, 0.4) is 0 Å². The van der Waals surface area contributed by atoms with Crippen molar-refractivity contribution in [1.82, 2.24) is 0 Å². The first kappa shape index (κ1) is 13.8. The second-order valence-electron chi connectivity index (χ2n) is 4.39. The molecule has 0 atom stereocenters. The molecule has 1 aliphatic rings. The van der Waals surface area contributed by atoms with Gasteiger partial charge in [-0.15, -0.1) is 0 Å². The fourth-order valence-corrected chi connectivity index (χ4v) is 2.36. The molecule has 1 aliphatic heterocycles. The Hall–Kier alpha value is -2.17. The van der Waals surface area contributed by atoms with Gasteiger partial charge in [0.05, 0.1) is 15.6 Å². The molecule has 0 amide bonds. The fourth-order valence-electron chi connectivity index (χ4n) is 2.00. The number of rotatable bonds is 1. The van der Waals surface area contributed by atoms with Crippen LogP contribution in [-0.2, 0) is 0 Å². The van der Waals surface area contributed by atoms with Crippen molar-refractivity contribution in [2.24, 2.45) is 0 Å². The molecule has 4 nitrogen and oxygen atoms in total. The molecule has 0 radical (unpaired) electrons. The van der Waals surface area contributed by atoms with Gasteiger partial charge in [-0.25, -0.2) is 0 Å². The van der Waals surface area contributed by atoms with E-state index in [1.54, 1.807) is 18.2 Å². The molecule has 0 saturated heterocycles. The lowest BCUT2D eigenvalue weighted by atomic mass is 10.1. The van der Waals surface area contributed by atoms with Crippen LogP contribution in [0.25, 0.3) is 6.08 Å². The molecular formula is C15H8Cl2O4. The number of hydrogen-bond donors (Lipinski definition) is 2. The number of ether oxygens (including phenoxy) is 1. The molecule has 0 aliphatic carbocycles. The molecule has 2 N–H and O–H groups in total. The molecule has 2 aromatic rings. The number of aromatic hydroxyl groups is 2. The highest BCUT2D eigenvalue weighted by Gasteiger charge is 2.31. The van der Waals surface area contributed by atoms with Crippen molar-refractivity contribution in [3.63, 3.8) is 0 Å². The summed E-state index contributed by atoms with van der Waals surface area (Å²) in [7, 11) is 0. The topological polar surface area (TPSA) is 66.8 Å². The van der Waals surface area contributed by atoms with Crippen LogP contribution in [0.5, 0.6) is 17.2 Å². The number of phenols is 2. The Labute approximate surface area is 129 Å². The Morgan fingerprint density at radius 3 is 2.62 bits per heavy atom. The number of carbonyl (C=O) groups is 1. The third kappa shape index (κ3) is 2.22. The Bertz CT molecular complexity index is 797.